The van der Waals surface area contributed by atoms with Crippen molar-refractivity contribution in [3.63, 3.8) is 0 Å². The second kappa shape index (κ2) is 8.66. The number of hydrogen-bond donors (Lipinski definition) is 1. The first kappa shape index (κ1) is 19.7. The van der Waals surface area contributed by atoms with E-state index in [2.05, 4.69) is 10.1 Å². The minimum absolute atomic E-state index is 0.234. The van der Waals surface area contributed by atoms with Crippen LogP contribution in [0.2, 0.25) is 0 Å². The Kier molecular flexibility index (Phi) is 6.57. The van der Waals surface area contributed by atoms with Crippen molar-refractivity contribution in [1.82, 2.24) is 10.2 Å². The molecule has 1 N–H and O–H groups in total. The van der Waals surface area contributed by atoms with Gasteiger partial charge in [0.1, 0.15) is 6.54 Å². The summed E-state index contributed by atoms with van der Waals surface area (Å²) in [5.41, 5.74) is 1.05. The van der Waals surface area contributed by atoms with Gasteiger partial charge in [-0.2, -0.15) is 0 Å². The summed E-state index contributed by atoms with van der Waals surface area (Å²) in [5, 5.41) is 2.20. The van der Waals surface area contributed by atoms with Gasteiger partial charge in [0.25, 0.3) is 11.1 Å². The number of nitrogens with one attached hydrogen (secondary N) is 1. The van der Waals surface area contributed by atoms with Gasteiger partial charge >= 0.3 is 5.97 Å². The van der Waals surface area contributed by atoms with E-state index in [-0.39, 0.29) is 23.3 Å². The van der Waals surface area contributed by atoms with Crippen molar-refractivity contribution in [3.05, 3.63) is 40.3 Å². The third-order valence-corrected chi connectivity index (χ3v) is 4.42. The van der Waals surface area contributed by atoms with E-state index in [1.807, 2.05) is 13.8 Å². The average Bonchev–Trinajstić information content (AvgIpc) is 2.87. The molecule has 3 amide bonds. The number of esters is 1. The standard InChI is InChI=1S/C18H20N2O5S/c1-11(2)9-19-15(21)10-20-16(22)14(26-18(20)24)8-12-4-6-13(7-5-12)17(23)25-3/h4-8,11H,9-10H2,1-3H3,(H,19,21)/b14-8-. The summed E-state index contributed by atoms with van der Waals surface area (Å²) in [4.78, 5) is 48.8. The smallest absolute Gasteiger partial charge is 0.337 e. The van der Waals surface area contributed by atoms with Gasteiger partial charge in [-0.3, -0.25) is 19.3 Å². The molecule has 0 unspecified atom stereocenters. The molecule has 1 fully saturated rings. The minimum atomic E-state index is -0.503. The van der Waals surface area contributed by atoms with Gasteiger partial charge in [-0.05, 0) is 41.5 Å². The van der Waals surface area contributed by atoms with E-state index in [1.54, 1.807) is 30.3 Å². The number of ether oxygens (including phenoxy) is 1. The maximum Gasteiger partial charge on any atom is 0.337 e. The lowest BCUT2D eigenvalue weighted by atomic mass is 10.1. The average molecular weight is 376 g/mol. The van der Waals surface area contributed by atoms with E-state index < -0.39 is 17.1 Å². The first-order chi connectivity index (χ1) is 12.3. The van der Waals surface area contributed by atoms with Gasteiger partial charge in [-0.25, -0.2) is 4.79 Å². The predicted molar refractivity (Wildman–Crippen MR) is 98.3 cm³/mol. The van der Waals surface area contributed by atoms with E-state index in [9.17, 15) is 19.2 Å². The molecule has 0 saturated carbocycles. The SMILES string of the molecule is COC(=O)c1ccc(/C=C2\SC(=O)N(CC(=O)NCC(C)C)C2=O)cc1. The fourth-order valence-electron chi connectivity index (χ4n) is 2.14. The molecule has 7 nitrogen and oxygen atoms in total. The van der Waals surface area contributed by atoms with Crippen molar-refractivity contribution < 1.29 is 23.9 Å². The van der Waals surface area contributed by atoms with E-state index in [4.69, 9.17) is 0 Å². The van der Waals surface area contributed by atoms with Crippen LogP contribution in [0.15, 0.2) is 29.2 Å². The number of hydrogen-bond acceptors (Lipinski definition) is 6. The molecule has 0 aromatic heterocycles. The van der Waals surface area contributed by atoms with E-state index in [0.29, 0.717) is 17.7 Å². The van der Waals surface area contributed by atoms with Crippen molar-refractivity contribution >= 4 is 40.9 Å². The summed E-state index contributed by atoms with van der Waals surface area (Å²) in [6, 6.07) is 6.44. The molecule has 1 heterocycles. The lowest BCUT2D eigenvalue weighted by Gasteiger charge is -2.13. The molecule has 1 aliphatic rings. The molecule has 1 saturated heterocycles. The number of imide groups is 1. The first-order valence-corrected chi connectivity index (χ1v) is 8.84. The Morgan fingerprint density at radius 1 is 1.23 bits per heavy atom. The van der Waals surface area contributed by atoms with Gasteiger partial charge in [0, 0.05) is 6.54 Å². The third-order valence-electron chi connectivity index (χ3n) is 3.51. The second-order valence-corrected chi connectivity index (χ2v) is 7.07. The monoisotopic (exact) mass is 376 g/mol. The molecule has 0 bridgehead atoms. The fourth-order valence-corrected chi connectivity index (χ4v) is 2.98. The normalized spacial score (nSPS) is 15.7. The van der Waals surface area contributed by atoms with Crippen LogP contribution in [-0.4, -0.2) is 48.1 Å². The van der Waals surface area contributed by atoms with Crippen molar-refractivity contribution in [2.75, 3.05) is 20.2 Å². The first-order valence-electron chi connectivity index (χ1n) is 8.02. The molecular weight excluding hydrogens is 356 g/mol. The number of carbonyl (C=O) groups is 4. The Labute approximate surface area is 155 Å². The predicted octanol–water partition coefficient (Wildman–Crippen LogP) is 2.28. The van der Waals surface area contributed by atoms with Gasteiger partial charge in [0.2, 0.25) is 5.91 Å². The molecule has 0 aliphatic carbocycles. The highest BCUT2D eigenvalue weighted by atomic mass is 32.2. The number of carbonyl (C=O) groups excluding carboxylic acids is 4. The minimum Gasteiger partial charge on any atom is -0.465 e. The molecule has 2 rings (SSSR count). The third kappa shape index (κ3) is 4.95. The van der Waals surface area contributed by atoms with Crippen LogP contribution in [0.4, 0.5) is 4.79 Å². The van der Waals surface area contributed by atoms with Crippen LogP contribution in [-0.2, 0) is 14.3 Å². The van der Waals surface area contributed by atoms with Crippen LogP contribution in [0.5, 0.6) is 0 Å². The summed E-state index contributed by atoms with van der Waals surface area (Å²) >= 11 is 0.785. The fraction of sp³-hybridized carbons (Fsp3) is 0.333. The number of thioether (sulfide) groups is 1. The summed E-state index contributed by atoms with van der Waals surface area (Å²) in [7, 11) is 1.30. The molecule has 138 valence electrons. The van der Waals surface area contributed by atoms with Crippen molar-refractivity contribution in [1.29, 1.82) is 0 Å². The maximum absolute atomic E-state index is 12.4. The van der Waals surface area contributed by atoms with Crippen molar-refractivity contribution in [2.24, 2.45) is 5.92 Å². The molecule has 1 aliphatic heterocycles. The van der Waals surface area contributed by atoms with E-state index in [0.717, 1.165) is 16.7 Å². The van der Waals surface area contributed by atoms with Crippen LogP contribution in [0.25, 0.3) is 6.08 Å². The molecule has 0 atom stereocenters. The molecule has 0 radical (unpaired) electrons. The molecule has 0 spiro atoms. The Morgan fingerprint density at radius 2 is 1.88 bits per heavy atom. The van der Waals surface area contributed by atoms with Gasteiger partial charge in [0.15, 0.2) is 0 Å². The van der Waals surface area contributed by atoms with Gasteiger partial charge in [-0.15, -0.1) is 0 Å². The van der Waals surface area contributed by atoms with Crippen LogP contribution in [0.1, 0.15) is 29.8 Å². The van der Waals surface area contributed by atoms with Gasteiger partial charge in [0.05, 0.1) is 17.6 Å². The number of nitrogens with zero attached hydrogens (tertiary/aromatic N) is 1. The summed E-state index contributed by atoms with van der Waals surface area (Å²) < 4.78 is 4.62. The highest BCUT2D eigenvalue weighted by Crippen LogP contribution is 2.32. The van der Waals surface area contributed by atoms with Gasteiger partial charge < -0.3 is 10.1 Å². The quantitative estimate of drug-likeness (QED) is 0.605. The second-order valence-electron chi connectivity index (χ2n) is 6.08. The lowest BCUT2D eigenvalue weighted by molar-refractivity contribution is -0.129. The van der Waals surface area contributed by atoms with Crippen LogP contribution in [0, 0.1) is 5.92 Å². The summed E-state index contributed by atoms with van der Waals surface area (Å²) in [6.07, 6.45) is 1.55. The highest BCUT2D eigenvalue weighted by Gasteiger charge is 2.36. The Balaban J connectivity index is 2.06. The topological polar surface area (TPSA) is 92.8 Å². The number of amides is 3. The number of methoxy groups -OCH3 is 1. The van der Waals surface area contributed by atoms with Crippen LogP contribution >= 0.6 is 11.8 Å². The summed E-state index contributed by atoms with van der Waals surface area (Å²) in [6.45, 7) is 4.09. The zero-order valence-corrected chi connectivity index (χ0v) is 15.6. The zero-order chi connectivity index (χ0) is 19.3. The van der Waals surface area contributed by atoms with E-state index in [1.165, 1.54) is 7.11 Å². The van der Waals surface area contributed by atoms with Crippen LogP contribution < -0.4 is 5.32 Å². The molecule has 8 heteroatoms. The largest absolute Gasteiger partial charge is 0.465 e. The van der Waals surface area contributed by atoms with E-state index >= 15 is 0 Å². The molecule has 26 heavy (non-hydrogen) atoms. The zero-order valence-electron chi connectivity index (χ0n) is 14.8. The Morgan fingerprint density at radius 3 is 2.46 bits per heavy atom. The molecule has 1 aromatic rings. The molecule has 1 aromatic carbocycles. The van der Waals surface area contributed by atoms with Crippen LogP contribution in [0.3, 0.4) is 0 Å². The highest BCUT2D eigenvalue weighted by molar-refractivity contribution is 8.18. The Bertz CT molecular complexity index is 755. The van der Waals surface area contributed by atoms with Crippen molar-refractivity contribution in [3.8, 4) is 0 Å². The number of rotatable bonds is 6. The Hall–Kier alpha value is -2.61. The maximum atomic E-state index is 12.4. The lowest BCUT2D eigenvalue weighted by Crippen LogP contribution is -2.40. The van der Waals surface area contributed by atoms with Crippen molar-refractivity contribution in [2.45, 2.75) is 13.8 Å². The number of benzene rings is 1. The summed E-state index contributed by atoms with van der Waals surface area (Å²) in [5.74, 6) is -1.05. The van der Waals surface area contributed by atoms with Gasteiger partial charge in [-0.1, -0.05) is 26.0 Å². The molecular formula is C18H20N2O5S.